The monoisotopic (exact) mass is 325 g/mol. The predicted octanol–water partition coefficient (Wildman–Crippen LogP) is 0.561. The Morgan fingerprint density at radius 2 is 1.85 bits per heavy atom. The molecular weight excluding hydrogens is 301 g/mol. The maximum atomic E-state index is 12.0. The largest absolute Gasteiger partial charge is 0.378 e. The lowest BCUT2D eigenvalue weighted by Crippen LogP contribution is -2.55. The minimum Gasteiger partial charge on any atom is -0.378 e. The van der Waals surface area contributed by atoms with Crippen molar-refractivity contribution in [2.75, 3.05) is 32.8 Å². The molecular formula is C13H25Cl2N3O2. The summed E-state index contributed by atoms with van der Waals surface area (Å²) < 4.78 is 5.32. The van der Waals surface area contributed by atoms with Crippen molar-refractivity contribution in [3.63, 3.8) is 0 Å². The summed E-state index contributed by atoms with van der Waals surface area (Å²) in [5.74, 6) is 0.111. The van der Waals surface area contributed by atoms with Gasteiger partial charge in [0.25, 0.3) is 0 Å². The minimum absolute atomic E-state index is 0. The highest BCUT2D eigenvalue weighted by Gasteiger charge is 2.32. The quantitative estimate of drug-likeness (QED) is 0.796. The van der Waals surface area contributed by atoms with E-state index in [-0.39, 0.29) is 36.8 Å². The summed E-state index contributed by atoms with van der Waals surface area (Å²) in [7, 11) is 0. The second-order valence-corrected chi connectivity index (χ2v) is 5.63. The number of carbonyl (C=O) groups is 1. The zero-order valence-corrected chi connectivity index (χ0v) is 13.3. The predicted molar refractivity (Wildman–Crippen MR) is 82.9 cm³/mol. The SMILES string of the molecule is Cl.Cl.O=C(NC1CCN(C2CC2)CC1)C1COCCN1. The number of nitrogens with zero attached hydrogens (tertiary/aromatic N) is 1. The molecule has 0 spiro atoms. The van der Waals surface area contributed by atoms with Crippen LogP contribution in [0.5, 0.6) is 0 Å². The molecule has 1 aliphatic carbocycles. The molecule has 3 aliphatic rings. The Morgan fingerprint density at radius 1 is 1.15 bits per heavy atom. The van der Waals surface area contributed by atoms with E-state index in [2.05, 4.69) is 15.5 Å². The van der Waals surface area contributed by atoms with Gasteiger partial charge in [0.05, 0.1) is 13.2 Å². The number of nitrogens with one attached hydrogen (secondary N) is 2. The van der Waals surface area contributed by atoms with Crippen LogP contribution in [0.25, 0.3) is 0 Å². The van der Waals surface area contributed by atoms with Crippen LogP contribution in [0.4, 0.5) is 0 Å². The lowest BCUT2D eigenvalue weighted by molar-refractivity contribution is -0.126. The summed E-state index contributed by atoms with van der Waals surface area (Å²) >= 11 is 0. The van der Waals surface area contributed by atoms with Crippen LogP contribution in [-0.4, -0.2) is 61.8 Å². The third-order valence-electron chi connectivity index (χ3n) is 4.18. The normalized spacial score (nSPS) is 28.1. The fourth-order valence-corrected chi connectivity index (χ4v) is 2.88. The van der Waals surface area contributed by atoms with Gasteiger partial charge < -0.3 is 20.3 Å². The van der Waals surface area contributed by atoms with Crippen LogP contribution in [-0.2, 0) is 9.53 Å². The van der Waals surface area contributed by atoms with Crippen LogP contribution in [0, 0.1) is 0 Å². The molecule has 1 atom stereocenters. The van der Waals surface area contributed by atoms with E-state index in [1.54, 1.807) is 0 Å². The van der Waals surface area contributed by atoms with Crippen LogP contribution in [0.15, 0.2) is 0 Å². The Hall–Kier alpha value is -0.0700. The topological polar surface area (TPSA) is 53.6 Å². The van der Waals surface area contributed by atoms with E-state index in [0.717, 1.165) is 38.5 Å². The number of hydrogen-bond acceptors (Lipinski definition) is 4. The first kappa shape index (κ1) is 18.0. The summed E-state index contributed by atoms with van der Waals surface area (Å²) in [6.45, 7) is 4.28. The van der Waals surface area contributed by atoms with Crippen LogP contribution in [0.1, 0.15) is 25.7 Å². The first-order valence-corrected chi connectivity index (χ1v) is 7.18. The van der Waals surface area contributed by atoms with Gasteiger partial charge in [0.2, 0.25) is 5.91 Å². The molecule has 2 aliphatic heterocycles. The molecule has 2 heterocycles. The third-order valence-corrected chi connectivity index (χ3v) is 4.18. The third kappa shape index (κ3) is 4.74. The van der Waals surface area contributed by atoms with Gasteiger partial charge in [0, 0.05) is 31.7 Å². The first-order valence-electron chi connectivity index (χ1n) is 7.18. The number of carbonyl (C=O) groups excluding carboxylic acids is 1. The van der Waals surface area contributed by atoms with Crippen molar-refractivity contribution < 1.29 is 9.53 Å². The first-order chi connectivity index (χ1) is 8.83. The number of piperidine rings is 1. The highest BCUT2D eigenvalue weighted by atomic mass is 35.5. The molecule has 0 radical (unpaired) electrons. The summed E-state index contributed by atoms with van der Waals surface area (Å²) in [6, 6.07) is 1.06. The maximum absolute atomic E-state index is 12.0. The molecule has 1 unspecified atom stereocenters. The van der Waals surface area contributed by atoms with Crippen LogP contribution in [0.2, 0.25) is 0 Å². The molecule has 118 valence electrons. The molecule has 5 nitrogen and oxygen atoms in total. The Bertz CT molecular complexity index is 302. The summed E-state index contributed by atoms with van der Waals surface area (Å²) in [6.07, 6.45) is 4.94. The zero-order valence-electron chi connectivity index (χ0n) is 11.7. The fraction of sp³-hybridized carbons (Fsp3) is 0.923. The highest BCUT2D eigenvalue weighted by molar-refractivity contribution is 5.85. The van der Waals surface area contributed by atoms with Gasteiger partial charge in [0.1, 0.15) is 6.04 Å². The number of morpholine rings is 1. The van der Waals surface area contributed by atoms with Crippen molar-refractivity contribution in [3.8, 4) is 0 Å². The highest BCUT2D eigenvalue weighted by Crippen LogP contribution is 2.29. The van der Waals surface area contributed by atoms with Crippen LogP contribution in [0.3, 0.4) is 0 Å². The van der Waals surface area contributed by atoms with E-state index in [1.165, 1.54) is 12.8 Å². The van der Waals surface area contributed by atoms with Gasteiger partial charge in [-0.15, -0.1) is 24.8 Å². The van der Waals surface area contributed by atoms with E-state index >= 15 is 0 Å². The van der Waals surface area contributed by atoms with Crippen molar-refractivity contribution in [1.29, 1.82) is 0 Å². The molecule has 0 aromatic rings. The van der Waals surface area contributed by atoms with Gasteiger partial charge >= 0.3 is 0 Å². The Balaban J connectivity index is 0.000001000. The molecule has 0 bridgehead atoms. The zero-order chi connectivity index (χ0) is 12.4. The molecule has 20 heavy (non-hydrogen) atoms. The minimum atomic E-state index is -0.153. The maximum Gasteiger partial charge on any atom is 0.239 e. The number of halogens is 2. The number of amides is 1. The van der Waals surface area contributed by atoms with E-state index in [9.17, 15) is 4.79 Å². The molecule has 1 amide bonds. The molecule has 7 heteroatoms. The summed E-state index contributed by atoms with van der Waals surface area (Å²) in [4.78, 5) is 14.6. The van der Waals surface area contributed by atoms with E-state index in [1.807, 2.05) is 0 Å². The van der Waals surface area contributed by atoms with Crippen molar-refractivity contribution in [2.45, 2.75) is 43.8 Å². The Morgan fingerprint density at radius 3 is 2.40 bits per heavy atom. The average molecular weight is 326 g/mol. The molecule has 0 aromatic heterocycles. The Labute approximate surface area is 133 Å². The number of ether oxygens (including phenoxy) is 1. The molecule has 0 aromatic carbocycles. The standard InChI is InChI=1S/C13H23N3O2.2ClH/c17-13(12-9-18-8-5-14-12)15-10-3-6-16(7-4-10)11-1-2-11;;/h10-12,14H,1-9H2,(H,15,17);2*1H. The lowest BCUT2D eigenvalue weighted by atomic mass is 10.0. The second-order valence-electron chi connectivity index (χ2n) is 5.63. The van der Waals surface area contributed by atoms with Crippen molar-refractivity contribution in [3.05, 3.63) is 0 Å². The van der Waals surface area contributed by atoms with Gasteiger partial charge in [-0.25, -0.2) is 0 Å². The van der Waals surface area contributed by atoms with Gasteiger partial charge in [-0.2, -0.15) is 0 Å². The molecule has 3 fully saturated rings. The number of rotatable bonds is 3. The molecule has 3 rings (SSSR count). The van der Waals surface area contributed by atoms with E-state index in [0.29, 0.717) is 19.3 Å². The Kier molecular flexibility index (Phi) is 7.54. The number of likely N-dealkylation sites (tertiary alicyclic amines) is 1. The number of hydrogen-bond donors (Lipinski definition) is 2. The molecule has 2 saturated heterocycles. The van der Waals surface area contributed by atoms with Gasteiger partial charge in [-0.05, 0) is 25.7 Å². The lowest BCUT2D eigenvalue weighted by Gasteiger charge is -2.33. The van der Waals surface area contributed by atoms with Gasteiger partial charge in [-0.1, -0.05) is 0 Å². The molecule has 1 saturated carbocycles. The van der Waals surface area contributed by atoms with Crippen molar-refractivity contribution >= 4 is 30.7 Å². The summed E-state index contributed by atoms with van der Waals surface area (Å²) in [5.41, 5.74) is 0. The smallest absolute Gasteiger partial charge is 0.239 e. The molecule has 2 N–H and O–H groups in total. The van der Waals surface area contributed by atoms with Gasteiger partial charge in [0.15, 0.2) is 0 Å². The van der Waals surface area contributed by atoms with Gasteiger partial charge in [-0.3, -0.25) is 4.79 Å². The van der Waals surface area contributed by atoms with Crippen LogP contribution < -0.4 is 10.6 Å². The van der Waals surface area contributed by atoms with Crippen molar-refractivity contribution in [1.82, 2.24) is 15.5 Å². The van der Waals surface area contributed by atoms with E-state index < -0.39 is 0 Å². The van der Waals surface area contributed by atoms with E-state index in [4.69, 9.17) is 4.74 Å². The average Bonchev–Trinajstić information content (AvgIpc) is 3.25. The van der Waals surface area contributed by atoms with Crippen LogP contribution >= 0.6 is 24.8 Å². The second kappa shape index (κ2) is 8.39. The fourth-order valence-electron chi connectivity index (χ4n) is 2.88. The summed E-state index contributed by atoms with van der Waals surface area (Å²) in [5, 5.41) is 6.36. The van der Waals surface area contributed by atoms with Crippen molar-refractivity contribution in [2.24, 2.45) is 0 Å².